The van der Waals surface area contributed by atoms with Gasteiger partial charge in [-0.2, -0.15) is 15.0 Å². The van der Waals surface area contributed by atoms with Gasteiger partial charge in [0.05, 0.1) is 5.25 Å². The maximum Gasteiger partial charge on any atom is 0.237 e. The highest BCUT2D eigenvalue weighted by Gasteiger charge is 2.18. The van der Waals surface area contributed by atoms with Crippen LogP contribution in [0.2, 0.25) is 5.02 Å². The van der Waals surface area contributed by atoms with Crippen LogP contribution in [-0.2, 0) is 4.79 Å². The number of thioether (sulfide) groups is 1. The van der Waals surface area contributed by atoms with Gasteiger partial charge in [0.15, 0.2) is 5.16 Å². The van der Waals surface area contributed by atoms with Crippen LogP contribution in [0.25, 0.3) is 0 Å². The Morgan fingerprint density at radius 1 is 1.27 bits per heavy atom. The lowest BCUT2D eigenvalue weighted by Crippen LogP contribution is -2.23. The Hall–Kier alpha value is -2.06. The number of carbonyl (C=O) groups excluding carboxylic acids is 1. The molecule has 0 fully saturated rings. The van der Waals surface area contributed by atoms with Crippen molar-refractivity contribution < 1.29 is 4.79 Å². The van der Waals surface area contributed by atoms with E-state index in [0.717, 1.165) is 17.3 Å². The molecular weight excluding hydrogens is 324 g/mol. The minimum absolute atomic E-state index is 0.0216. The summed E-state index contributed by atoms with van der Waals surface area (Å²) in [6, 6.07) is 5.33. The van der Waals surface area contributed by atoms with E-state index in [-0.39, 0.29) is 17.8 Å². The standard InChI is InChI=1S/C13H15ClN6OS/c1-6-8(14)4-3-5-9(6)17-10(21)7(2)22-13-19-11(15)18-12(16)20-13/h3-5,7H,1-2H3,(H,17,21)(H4,15,16,18,19,20)/t7-/m1/s1. The maximum atomic E-state index is 12.2. The number of hydrogen-bond donors (Lipinski definition) is 3. The normalized spacial score (nSPS) is 12.0. The van der Waals surface area contributed by atoms with Crippen LogP contribution in [0.15, 0.2) is 23.4 Å². The van der Waals surface area contributed by atoms with Gasteiger partial charge in [0, 0.05) is 10.7 Å². The average molecular weight is 339 g/mol. The van der Waals surface area contributed by atoms with Crippen molar-refractivity contribution in [3.63, 3.8) is 0 Å². The lowest BCUT2D eigenvalue weighted by molar-refractivity contribution is -0.115. The van der Waals surface area contributed by atoms with Gasteiger partial charge in [0.1, 0.15) is 0 Å². The fourth-order valence-corrected chi connectivity index (χ4v) is 2.58. The van der Waals surface area contributed by atoms with Crippen LogP contribution in [0.4, 0.5) is 17.6 Å². The number of carbonyl (C=O) groups is 1. The topological polar surface area (TPSA) is 120 Å². The van der Waals surface area contributed by atoms with Gasteiger partial charge in [-0.3, -0.25) is 4.79 Å². The van der Waals surface area contributed by atoms with Gasteiger partial charge in [-0.25, -0.2) is 0 Å². The molecule has 0 saturated carbocycles. The van der Waals surface area contributed by atoms with Crippen molar-refractivity contribution in [1.29, 1.82) is 0 Å². The van der Waals surface area contributed by atoms with Crippen molar-refractivity contribution in [2.75, 3.05) is 16.8 Å². The molecule has 0 aliphatic carbocycles. The second-order valence-corrected chi connectivity index (χ2v) is 6.21. The minimum atomic E-state index is -0.445. The Balaban J connectivity index is 2.07. The highest BCUT2D eigenvalue weighted by molar-refractivity contribution is 8.00. The number of rotatable bonds is 4. The molecule has 2 aromatic rings. The SMILES string of the molecule is Cc1c(Cl)cccc1NC(=O)[C@@H](C)Sc1nc(N)nc(N)n1. The molecule has 5 N–H and O–H groups in total. The number of aromatic nitrogens is 3. The summed E-state index contributed by atoms with van der Waals surface area (Å²) in [5.74, 6) is -0.158. The second-order valence-electron chi connectivity index (χ2n) is 4.50. The molecule has 1 atom stereocenters. The van der Waals surface area contributed by atoms with Gasteiger partial charge in [0.2, 0.25) is 17.8 Å². The number of benzene rings is 1. The van der Waals surface area contributed by atoms with Crippen LogP contribution in [-0.4, -0.2) is 26.1 Å². The van der Waals surface area contributed by atoms with Crippen LogP contribution >= 0.6 is 23.4 Å². The van der Waals surface area contributed by atoms with Gasteiger partial charge in [-0.05, 0) is 31.5 Å². The number of nitrogens with zero attached hydrogens (tertiary/aromatic N) is 3. The molecular formula is C13H15ClN6OS. The van der Waals surface area contributed by atoms with Gasteiger partial charge >= 0.3 is 0 Å². The van der Waals surface area contributed by atoms with Crippen molar-refractivity contribution in [3.05, 3.63) is 28.8 Å². The third-order valence-electron chi connectivity index (χ3n) is 2.83. The van der Waals surface area contributed by atoms with Gasteiger partial charge in [0.25, 0.3) is 0 Å². The average Bonchev–Trinajstić information content (AvgIpc) is 2.42. The quantitative estimate of drug-likeness (QED) is 0.730. The summed E-state index contributed by atoms with van der Waals surface area (Å²) in [7, 11) is 0. The second kappa shape index (κ2) is 6.80. The van der Waals surface area contributed by atoms with Crippen molar-refractivity contribution >= 4 is 46.9 Å². The molecule has 1 aromatic carbocycles. The molecule has 2 rings (SSSR count). The number of nitrogens with two attached hydrogens (primary N) is 2. The fraction of sp³-hybridized carbons (Fsp3) is 0.231. The van der Waals surface area contributed by atoms with Crippen molar-refractivity contribution in [1.82, 2.24) is 15.0 Å². The van der Waals surface area contributed by atoms with Crippen molar-refractivity contribution in [2.24, 2.45) is 0 Å². The predicted octanol–water partition coefficient (Wildman–Crippen LogP) is 2.12. The Kier molecular flexibility index (Phi) is 5.04. The molecule has 0 saturated heterocycles. The number of nitrogens with one attached hydrogen (secondary N) is 1. The lowest BCUT2D eigenvalue weighted by Gasteiger charge is -2.13. The zero-order valence-electron chi connectivity index (χ0n) is 12.0. The van der Waals surface area contributed by atoms with Gasteiger partial charge in [-0.1, -0.05) is 29.4 Å². The van der Waals surface area contributed by atoms with E-state index in [9.17, 15) is 4.79 Å². The van der Waals surface area contributed by atoms with E-state index in [2.05, 4.69) is 20.3 Å². The van der Waals surface area contributed by atoms with Crippen LogP contribution in [0.5, 0.6) is 0 Å². The van der Waals surface area contributed by atoms with Crippen LogP contribution in [0, 0.1) is 6.92 Å². The molecule has 1 aromatic heterocycles. The summed E-state index contributed by atoms with van der Waals surface area (Å²) in [6.07, 6.45) is 0. The predicted molar refractivity (Wildman–Crippen MR) is 88.8 cm³/mol. The van der Waals surface area contributed by atoms with Crippen molar-refractivity contribution in [2.45, 2.75) is 24.3 Å². The number of amides is 1. The van der Waals surface area contributed by atoms with E-state index in [1.54, 1.807) is 25.1 Å². The van der Waals surface area contributed by atoms with E-state index in [0.29, 0.717) is 15.9 Å². The van der Waals surface area contributed by atoms with E-state index < -0.39 is 5.25 Å². The number of halogens is 1. The minimum Gasteiger partial charge on any atom is -0.368 e. The largest absolute Gasteiger partial charge is 0.368 e. The fourth-order valence-electron chi connectivity index (χ4n) is 1.63. The maximum absolute atomic E-state index is 12.2. The molecule has 0 spiro atoms. The molecule has 1 heterocycles. The van der Waals surface area contributed by atoms with Crippen LogP contribution in [0.3, 0.4) is 0 Å². The first-order valence-corrected chi connectivity index (χ1v) is 7.62. The highest BCUT2D eigenvalue weighted by atomic mass is 35.5. The molecule has 116 valence electrons. The number of hydrogen-bond acceptors (Lipinski definition) is 7. The van der Waals surface area contributed by atoms with E-state index >= 15 is 0 Å². The lowest BCUT2D eigenvalue weighted by atomic mass is 10.2. The number of anilines is 3. The Morgan fingerprint density at radius 2 is 1.91 bits per heavy atom. The molecule has 7 nitrogen and oxygen atoms in total. The first-order valence-electron chi connectivity index (χ1n) is 6.36. The third kappa shape index (κ3) is 3.99. The van der Waals surface area contributed by atoms with Gasteiger partial charge in [-0.15, -0.1) is 0 Å². The molecule has 0 unspecified atom stereocenters. The summed E-state index contributed by atoms with van der Waals surface area (Å²) >= 11 is 7.17. The zero-order chi connectivity index (χ0) is 16.3. The molecule has 9 heteroatoms. The summed E-state index contributed by atoms with van der Waals surface area (Å²) in [5, 5.41) is 3.27. The van der Waals surface area contributed by atoms with Crippen LogP contribution < -0.4 is 16.8 Å². The summed E-state index contributed by atoms with van der Waals surface area (Å²) in [4.78, 5) is 23.8. The van der Waals surface area contributed by atoms with E-state index in [4.69, 9.17) is 23.1 Å². The monoisotopic (exact) mass is 338 g/mol. The molecule has 0 radical (unpaired) electrons. The van der Waals surface area contributed by atoms with Crippen molar-refractivity contribution in [3.8, 4) is 0 Å². The first-order chi connectivity index (χ1) is 10.4. The van der Waals surface area contributed by atoms with Gasteiger partial charge < -0.3 is 16.8 Å². The van der Waals surface area contributed by atoms with E-state index in [1.807, 2.05) is 6.92 Å². The third-order valence-corrected chi connectivity index (χ3v) is 4.20. The Bertz CT molecular complexity index is 691. The van der Waals surface area contributed by atoms with E-state index in [1.165, 1.54) is 0 Å². The summed E-state index contributed by atoms with van der Waals surface area (Å²) in [5.41, 5.74) is 12.5. The molecule has 22 heavy (non-hydrogen) atoms. The smallest absolute Gasteiger partial charge is 0.237 e. The summed E-state index contributed by atoms with van der Waals surface area (Å²) < 4.78 is 0. The molecule has 0 aliphatic rings. The molecule has 0 bridgehead atoms. The first kappa shape index (κ1) is 16.3. The number of nitrogen functional groups attached to an aromatic ring is 2. The Labute approximate surface area is 136 Å². The highest BCUT2D eigenvalue weighted by Crippen LogP contribution is 2.25. The van der Waals surface area contributed by atoms with Crippen LogP contribution in [0.1, 0.15) is 12.5 Å². The zero-order valence-corrected chi connectivity index (χ0v) is 13.6. The molecule has 1 amide bonds. The Morgan fingerprint density at radius 3 is 2.55 bits per heavy atom. The molecule has 0 aliphatic heterocycles. The summed E-state index contributed by atoms with van der Waals surface area (Å²) in [6.45, 7) is 3.57.